The SMILES string of the molecule is CN(C)CCNCCn1ncn(C)c1=O. The Labute approximate surface area is 89.5 Å². The fraction of sp³-hybridized carbons (Fsp3) is 0.778. The normalized spacial score (nSPS) is 11.2. The molecule has 0 saturated carbocycles. The second-order valence-electron chi connectivity index (χ2n) is 3.80. The van der Waals surface area contributed by atoms with Crippen molar-refractivity contribution in [3.8, 4) is 0 Å². The summed E-state index contributed by atoms with van der Waals surface area (Å²) in [7, 11) is 5.77. The summed E-state index contributed by atoms with van der Waals surface area (Å²) in [6.07, 6.45) is 1.53. The van der Waals surface area contributed by atoms with Crippen LogP contribution >= 0.6 is 0 Å². The molecule has 15 heavy (non-hydrogen) atoms. The molecular weight excluding hydrogens is 194 g/mol. The second-order valence-corrected chi connectivity index (χ2v) is 3.80. The van der Waals surface area contributed by atoms with Crippen LogP contribution in [0.3, 0.4) is 0 Å². The molecule has 0 saturated heterocycles. The summed E-state index contributed by atoms with van der Waals surface area (Å²) < 4.78 is 2.93. The van der Waals surface area contributed by atoms with E-state index in [1.807, 2.05) is 14.1 Å². The van der Waals surface area contributed by atoms with Crippen LogP contribution in [0.5, 0.6) is 0 Å². The molecule has 0 aliphatic heterocycles. The van der Waals surface area contributed by atoms with Crippen molar-refractivity contribution in [1.82, 2.24) is 24.6 Å². The molecule has 1 rings (SSSR count). The van der Waals surface area contributed by atoms with Gasteiger partial charge in [-0.25, -0.2) is 9.48 Å². The van der Waals surface area contributed by atoms with Gasteiger partial charge in [0.1, 0.15) is 6.33 Å². The number of hydrogen-bond acceptors (Lipinski definition) is 4. The van der Waals surface area contributed by atoms with Crippen molar-refractivity contribution in [3.63, 3.8) is 0 Å². The van der Waals surface area contributed by atoms with E-state index in [0.717, 1.165) is 19.6 Å². The smallest absolute Gasteiger partial charge is 0.314 e. The Kier molecular flexibility index (Phi) is 4.51. The molecule has 0 unspecified atom stereocenters. The Hall–Kier alpha value is -1.14. The number of aromatic nitrogens is 3. The highest BCUT2D eigenvalue weighted by molar-refractivity contribution is 4.65. The molecule has 1 aromatic heterocycles. The van der Waals surface area contributed by atoms with Gasteiger partial charge in [0.15, 0.2) is 0 Å². The van der Waals surface area contributed by atoms with Crippen LogP contribution < -0.4 is 11.0 Å². The summed E-state index contributed by atoms with van der Waals surface area (Å²) >= 11 is 0. The first-order valence-corrected chi connectivity index (χ1v) is 5.05. The Bertz CT molecular complexity index is 341. The van der Waals surface area contributed by atoms with Crippen LogP contribution in [0.1, 0.15) is 0 Å². The van der Waals surface area contributed by atoms with E-state index in [1.165, 1.54) is 15.6 Å². The van der Waals surface area contributed by atoms with E-state index in [-0.39, 0.29) is 5.69 Å². The largest absolute Gasteiger partial charge is 0.345 e. The van der Waals surface area contributed by atoms with Crippen molar-refractivity contribution in [1.29, 1.82) is 0 Å². The maximum Gasteiger partial charge on any atom is 0.345 e. The van der Waals surface area contributed by atoms with Crippen molar-refractivity contribution in [3.05, 3.63) is 16.8 Å². The lowest BCUT2D eigenvalue weighted by atomic mass is 10.5. The van der Waals surface area contributed by atoms with Crippen LogP contribution in [0.2, 0.25) is 0 Å². The summed E-state index contributed by atoms with van der Waals surface area (Å²) in [6.45, 7) is 3.31. The quantitative estimate of drug-likeness (QED) is 0.599. The van der Waals surface area contributed by atoms with Gasteiger partial charge in [0.2, 0.25) is 0 Å². The molecule has 0 spiro atoms. The van der Waals surface area contributed by atoms with Gasteiger partial charge in [-0.15, -0.1) is 0 Å². The summed E-state index contributed by atoms with van der Waals surface area (Å²) in [5, 5.41) is 7.22. The topological polar surface area (TPSA) is 55.1 Å². The summed E-state index contributed by atoms with van der Waals surface area (Å²) in [5.41, 5.74) is -0.0654. The molecule has 1 aromatic rings. The third-order valence-corrected chi connectivity index (χ3v) is 2.12. The van der Waals surface area contributed by atoms with Crippen LogP contribution in [0.15, 0.2) is 11.1 Å². The molecule has 0 aliphatic rings. The zero-order valence-electron chi connectivity index (χ0n) is 9.60. The lowest BCUT2D eigenvalue weighted by Gasteiger charge is -2.09. The molecule has 0 bridgehead atoms. The molecule has 6 nitrogen and oxygen atoms in total. The van der Waals surface area contributed by atoms with Gasteiger partial charge in [-0.2, -0.15) is 5.10 Å². The molecule has 6 heteroatoms. The Morgan fingerprint density at radius 3 is 2.73 bits per heavy atom. The number of likely N-dealkylation sites (N-methyl/N-ethyl adjacent to an activating group) is 1. The highest BCUT2D eigenvalue weighted by Crippen LogP contribution is 1.76. The van der Waals surface area contributed by atoms with Crippen LogP contribution in [0.25, 0.3) is 0 Å². The van der Waals surface area contributed by atoms with E-state index < -0.39 is 0 Å². The van der Waals surface area contributed by atoms with E-state index in [2.05, 4.69) is 15.3 Å². The van der Waals surface area contributed by atoms with Crippen molar-refractivity contribution < 1.29 is 0 Å². The van der Waals surface area contributed by atoms with Gasteiger partial charge in [-0.3, -0.25) is 4.57 Å². The fourth-order valence-electron chi connectivity index (χ4n) is 1.19. The lowest BCUT2D eigenvalue weighted by molar-refractivity contribution is 0.395. The number of rotatable bonds is 6. The van der Waals surface area contributed by atoms with E-state index in [4.69, 9.17) is 0 Å². The van der Waals surface area contributed by atoms with Gasteiger partial charge >= 0.3 is 5.69 Å². The maximum atomic E-state index is 11.4. The Morgan fingerprint density at radius 1 is 1.47 bits per heavy atom. The minimum absolute atomic E-state index is 0.0654. The molecule has 0 atom stereocenters. The number of nitrogens with one attached hydrogen (secondary N) is 1. The average Bonchev–Trinajstić information content (AvgIpc) is 2.48. The Morgan fingerprint density at radius 2 is 2.20 bits per heavy atom. The number of nitrogens with zero attached hydrogens (tertiary/aromatic N) is 4. The predicted octanol–water partition coefficient (Wildman–Crippen LogP) is -1.27. The first kappa shape index (κ1) is 11.9. The Balaban J connectivity index is 2.21. The van der Waals surface area contributed by atoms with Crippen LogP contribution in [0.4, 0.5) is 0 Å². The standard InChI is InChI=1S/C9H19N5O/c1-12(2)6-4-10-5-7-14-9(15)13(3)8-11-14/h8,10H,4-7H2,1-3H3. The number of hydrogen-bond donors (Lipinski definition) is 1. The molecule has 0 aromatic carbocycles. The van der Waals surface area contributed by atoms with Crippen LogP contribution in [-0.4, -0.2) is 53.0 Å². The third-order valence-electron chi connectivity index (χ3n) is 2.12. The summed E-state index contributed by atoms with van der Waals surface area (Å²) in [5.74, 6) is 0. The molecule has 86 valence electrons. The van der Waals surface area contributed by atoms with E-state index in [0.29, 0.717) is 6.54 Å². The molecule has 1 heterocycles. The second kappa shape index (κ2) is 5.67. The van der Waals surface area contributed by atoms with Gasteiger partial charge < -0.3 is 10.2 Å². The lowest BCUT2D eigenvalue weighted by Crippen LogP contribution is -2.32. The van der Waals surface area contributed by atoms with Crippen molar-refractivity contribution in [2.45, 2.75) is 6.54 Å². The molecule has 1 N–H and O–H groups in total. The highest BCUT2D eigenvalue weighted by Gasteiger charge is 1.99. The van der Waals surface area contributed by atoms with E-state index in [9.17, 15) is 4.79 Å². The van der Waals surface area contributed by atoms with E-state index >= 15 is 0 Å². The van der Waals surface area contributed by atoms with Crippen LogP contribution in [-0.2, 0) is 13.6 Å². The van der Waals surface area contributed by atoms with Crippen molar-refractivity contribution >= 4 is 0 Å². The molecule has 0 radical (unpaired) electrons. The van der Waals surface area contributed by atoms with Gasteiger partial charge in [-0.1, -0.05) is 0 Å². The number of aryl methyl sites for hydroxylation is 1. The summed E-state index contributed by atoms with van der Waals surface area (Å²) in [4.78, 5) is 13.5. The minimum Gasteiger partial charge on any atom is -0.314 e. The van der Waals surface area contributed by atoms with Gasteiger partial charge in [-0.05, 0) is 14.1 Å². The van der Waals surface area contributed by atoms with Gasteiger partial charge in [0, 0.05) is 26.7 Å². The van der Waals surface area contributed by atoms with Gasteiger partial charge in [0.05, 0.1) is 6.54 Å². The minimum atomic E-state index is -0.0654. The molecule has 0 amide bonds. The van der Waals surface area contributed by atoms with Crippen molar-refractivity contribution in [2.75, 3.05) is 33.7 Å². The first-order chi connectivity index (χ1) is 7.11. The zero-order valence-corrected chi connectivity index (χ0v) is 9.60. The molecule has 0 aliphatic carbocycles. The first-order valence-electron chi connectivity index (χ1n) is 5.05. The maximum absolute atomic E-state index is 11.4. The average molecular weight is 213 g/mol. The fourth-order valence-corrected chi connectivity index (χ4v) is 1.19. The third kappa shape index (κ3) is 3.85. The van der Waals surface area contributed by atoms with Gasteiger partial charge in [0.25, 0.3) is 0 Å². The highest BCUT2D eigenvalue weighted by atomic mass is 16.2. The van der Waals surface area contributed by atoms with E-state index in [1.54, 1.807) is 7.05 Å². The predicted molar refractivity (Wildman–Crippen MR) is 58.9 cm³/mol. The van der Waals surface area contributed by atoms with Crippen molar-refractivity contribution in [2.24, 2.45) is 7.05 Å². The summed E-state index contributed by atoms with van der Waals surface area (Å²) in [6, 6.07) is 0. The monoisotopic (exact) mass is 213 g/mol. The molecular formula is C9H19N5O. The van der Waals surface area contributed by atoms with Crippen LogP contribution in [0, 0.1) is 0 Å². The zero-order chi connectivity index (χ0) is 11.3. The molecule has 0 fully saturated rings.